The van der Waals surface area contributed by atoms with Gasteiger partial charge in [0, 0.05) is 24.2 Å². The molecule has 1 saturated heterocycles. The highest BCUT2D eigenvalue weighted by Crippen LogP contribution is 2.27. The first-order chi connectivity index (χ1) is 12.3. The van der Waals surface area contributed by atoms with Gasteiger partial charge in [-0.2, -0.15) is 0 Å². The van der Waals surface area contributed by atoms with Crippen molar-refractivity contribution < 1.29 is 4.79 Å². The first kappa shape index (κ1) is 15.6. The van der Waals surface area contributed by atoms with Crippen LogP contribution in [0, 0.1) is 5.92 Å². The number of hydrogen-bond acceptors (Lipinski definition) is 4. The van der Waals surface area contributed by atoms with Crippen molar-refractivity contribution in [3.05, 3.63) is 60.9 Å². The van der Waals surface area contributed by atoms with Gasteiger partial charge < -0.3 is 10.2 Å². The summed E-state index contributed by atoms with van der Waals surface area (Å²) < 4.78 is 0. The molecule has 0 bridgehead atoms. The molecule has 1 aliphatic rings. The number of hydrogen-bond donors (Lipinski definition) is 1. The Bertz CT molecular complexity index is 876. The van der Waals surface area contributed by atoms with Gasteiger partial charge in [-0.3, -0.25) is 4.79 Å². The Labute approximate surface area is 146 Å². The van der Waals surface area contributed by atoms with Gasteiger partial charge in [0.15, 0.2) is 0 Å². The van der Waals surface area contributed by atoms with Crippen LogP contribution in [-0.2, 0) is 4.79 Å². The molecule has 5 nitrogen and oxygen atoms in total. The predicted molar refractivity (Wildman–Crippen MR) is 99.5 cm³/mol. The second-order valence-electron chi connectivity index (χ2n) is 6.35. The van der Waals surface area contributed by atoms with Crippen molar-refractivity contribution in [2.24, 2.45) is 5.92 Å². The third kappa shape index (κ3) is 3.31. The van der Waals surface area contributed by atoms with E-state index in [2.05, 4.69) is 20.2 Å². The second-order valence-corrected chi connectivity index (χ2v) is 6.35. The maximum Gasteiger partial charge on any atom is 0.229 e. The highest BCUT2D eigenvalue weighted by atomic mass is 16.1. The molecule has 126 valence electrons. The Balaban J connectivity index is 1.53. The van der Waals surface area contributed by atoms with E-state index in [1.54, 1.807) is 6.33 Å². The van der Waals surface area contributed by atoms with Crippen molar-refractivity contribution in [2.45, 2.75) is 12.8 Å². The molecule has 5 heteroatoms. The summed E-state index contributed by atoms with van der Waals surface area (Å²) in [6.07, 6.45) is 3.48. The summed E-state index contributed by atoms with van der Waals surface area (Å²) in [6, 6.07) is 17.6. The molecule has 1 fully saturated rings. The fraction of sp³-hybridized carbons (Fsp3) is 0.250. The summed E-state index contributed by atoms with van der Waals surface area (Å²) in [7, 11) is 0. The zero-order valence-electron chi connectivity index (χ0n) is 13.9. The Hall–Kier alpha value is -2.95. The molecular formula is C20H20N4O. The third-order valence-corrected chi connectivity index (χ3v) is 4.65. The van der Waals surface area contributed by atoms with E-state index in [1.165, 1.54) is 0 Å². The monoisotopic (exact) mass is 332 g/mol. The van der Waals surface area contributed by atoms with Gasteiger partial charge >= 0.3 is 0 Å². The number of anilines is 2. The van der Waals surface area contributed by atoms with E-state index in [0.717, 1.165) is 41.8 Å². The quantitative estimate of drug-likeness (QED) is 0.798. The van der Waals surface area contributed by atoms with Crippen LogP contribution in [0.2, 0.25) is 0 Å². The second kappa shape index (κ2) is 6.89. The summed E-state index contributed by atoms with van der Waals surface area (Å²) in [6.45, 7) is 1.59. The van der Waals surface area contributed by atoms with Crippen LogP contribution in [0.25, 0.3) is 10.9 Å². The van der Waals surface area contributed by atoms with Gasteiger partial charge in [0.2, 0.25) is 5.91 Å². The van der Waals surface area contributed by atoms with Crippen molar-refractivity contribution in [3.63, 3.8) is 0 Å². The van der Waals surface area contributed by atoms with Gasteiger partial charge in [-0.05, 0) is 37.1 Å². The number of aromatic nitrogens is 2. The van der Waals surface area contributed by atoms with E-state index in [-0.39, 0.29) is 11.8 Å². The predicted octanol–water partition coefficient (Wildman–Crippen LogP) is 3.48. The zero-order chi connectivity index (χ0) is 17.1. The number of benzene rings is 2. The SMILES string of the molecule is O=C(Nc1ccccc1)C1CCCN(c2ncnc3ccccc23)C1. The third-order valence-electron chi connectivity index (χ3n) is 4.65. The van der Waals surface area contributed by atoms with Crippen LogP contribution in [0.15, 0.2) is 60.9 Å². The van der Waals surface area contributed by atoms with Gasteiger partial charge in [-0.15, -0.1) is 0 Å². The van der Waals surface area contributed by atoms with E-state index in [0.29, 0.717) is 6.54 Å². The molecule has 1 amide bonds. The Kier molecular flexibility index (Phi) is 4.29. The lowest BCUT2D eigenvalue weighted by atomic mass is 9.96. The molecule has 2 aromatic carbocycles. The van der Waals surface area contributed by atoms with Crippen molar-refractivity contribution in [1.29, 1.82) is 0 Å². The topological polar surface area (TPSA) is 58.1 Å². The van der Waals surface area contributed by atoms with Gasteiger partial charge in [-0.25, -0.2) is 9.97 Å². The lowest BCUT2D eigenvalue weighted by molar-refractivity contribution is -0.120. The standard InChI is InChI=1S/C20H20N4O/c25-20(23-16-8-2-1-3-9-16)15-7-6-12-24(13-15)19-17-10-4-5-11-18(17)21-14-22-19/h1-5,8-11,14-15H,6-7,12-13H2,(H,23,25). The average molecular weight is 332 g/mol. The minimum atomic E-state index is -0.0392. The van der Waals surface area contributed by atoms with Crippen molar-refractivity contribution in [2.75, 3.05) is 23.3 Å². The van der Waals surface area contributed by atoms with E-state index >= 15 is 0 Å². The molecule has 1 atom stereocenters. The zero-order valence-corrected chi connectivity index (χ0v) is 13.9. The lowest BCUT2D eigenvalue weighted by Crippen LogP contribution is -2.41. The molecule has 0 radical (unpaired) electrons. The van der Waals surface area contributed by atoms with Crippen LogP contribution in [-0.4, -0.2) is 29.0 Å². The number of amides is 1. The molecule has 25 heavy (non-hydrogen) atoms. The summed E-state index contributed by atoms with van der Waals surface area (Å²) in [5.41, 5.74) is 1.78. The summed E-state index contributed by atoms with van der Waals surface area (Å²) in [5.74, 6) is 0.958. The highest BCUT2D eigenvalue weighted by molar-refractivity contribution is 5.94. The number of nitrogens with one attached hydrogen (secondary N) is 1. The first-order valence-corrected chi connectivity index (χ1v) is 8.62. The lowest BCUT2D eigenvalue weighted by Gasteiger charge is -2.33. The van der Waals surface area contributed by atoms with Crippen LogP contribution in [0.4, 0.5) is 11.5 Å². The van der Waals surface area contributed by atoms with Crippen LogP contribution in [0.3, 0.4) is 0 Å². The van der Waals surface area contributed by atoms with Crippen molar-refractivity contribution in [1.82, 2.24) is 9.97 Å². The van der Waals surface area contributed by atoms with Crippen molar-refractivity contribution >= 4 is 28.3 Å². The number of nitrogens with zero attached hydrogens (tertiary/aromatic N) is 3. The normalized spacial score (nSPS) is 17.4. The van der Waals surface area contributed by atoms with Crippen molar-refractivity contribution in [3.8, 4) is 0 Å². The number of piperidine rings is 1. The van der Waals surface area contributed by atoms with Gasteiger partial charge in [-0.1, -0.05) is 30.3 Å². The Morgan fingerprint density at radius 2 is 1.84 bits per heavy atom. The molecule has 1 aliphatic heterocycles. The molecule has 1 unspecified atom stereocenters. The summed E-state index contributed by atoms with van der Waals surface area (Å²) >= 11 is 0. The molecule has 2 heterocycles. The summed E-state index contributed by atoms with van der Waals surface area (Å²) in [5, 5.41) is 4.06. The fourth-order valence-corrected chi connectivity index (χ4v) is 3.39. The minimum Gasteiger partial charge on any atom is -0.355 e. The molecule has 1 aromatic heterocycles. The largest absolute Gasteiger partial charge is 0.355 e. The maximum atomic E-state index is 12.6. The Morgan fingerprint density at radius 1 is 1.04 bits per heavy atom. The smallest absolute Gasteiger partial charge is 0.229 e. The maximum absolute atomic E-state index is 12.6. The first-order valence-electron chi connectivity index (χ1n) is 8.62. The average Bonchev–Trinajstić information content (AvgIpc) is 2.68. The number of rotatable bonds is 3. The van der Waals surface area contributed by atoms with Crippen LogP contribution < -0.4 is 10.2 Å². The molecule has 4 rings (SSSR count). The molecule has 1 N–H and O–H groups in total. The number of carbonyl (C=O) groups excluding carboxylic acids is 1. The molecular weight excluding hydrogens is 312 g/mol. The van der Waals surface area contributed by atoms with Gasteiger partial charge in [0.05, 0.1) is 11.4 Å². The summed E-state index contributed by atoms with van der Waals surface area (Å²) in [4.78, 5) is 23.7. The van der Waals surface area contributed by atoms with Crippen LogP contribution >= 0.6 is 0 Å². The van der Waals surface area contributed by atoms with E-state index in [1.807, 2.05) is 54.6 Å². The number of para-hydroxylation sites is 2. The highest BCUT2D eigenvalue weighted by Gasteiger charge is 2.27. The molecule has 0 aliphatic carbocycles. The van der Waals surface area contributed by atoms with E-state index in [4.69, 9.17) is 0 Å². The van der Waals surface area contributed by atoms with Gasteiger partial charge in [0.1, 0.15) is 12.1 Å². The molecule has 0 spiro atoms. The van der Waals surface area contributed by atoms with Crippen LogP contribution in [0.1, 0.15) is 12.8 Å². The molecule has 3 aromatic rings. The molecule has 0 saturated carbocycles. The van der Waals surface area contributed by atoms with E-state index < -0.39 is 0 Å². The van der Waals surface area contributed by atoms with Gasteiger partial charge in [0.25, 0.3) is 0 Å². The number of fused-ring (bicyclic) bond motifs is 1. The fourth-order valence-electron chi connectivity index (χ4n) is 3.39. The number of carbonyl (C=O) groups is 1. The van der Waals surface area contributed by atoms with Crippen LogP contribution in [0.5, 0.6) is 0 Å². The minimum absolute atomic E-state index is 0.0392. The Morgan fingerprint density at radius 3 is 2.72 bits per heavy atom. The van der Waals surface area contributed by atoms with E-state index in [9.17, 15) is 4.79 Å².